The molecule has 0 aromatic carbocycles. The van der Waals surface area contributed by atoms with E-state index in [1.54, 1.807) is 6.08 Å². The van der Waals surface area contributed by atoms with Gasteiger partial charge in [-0.3, -0.25) is 0 Å². The van der Waals surface area contributed by atoms with Gasteiger partial charge in [0.2, 0.25) is 0 Å². The van der Waals surface area contributed by atoms with Gasteiger partial charge in [0, 0.05) is 11.5 Å². The van der Waals surface area contributed by atoms with E-state index in [0.29, 0.717) is 5.75 Å². The van der Waals surface area contributed by atoms with Crippen molar-refractivity contribution in [2.24, 2.45) is 0 Å². The Kier molecular flexibility index (Phi) is 11.1. The maximum absolute atomic E-state index is 9.71. The number of carbonyl (C=O) groups is 1. The summed E-state index contributed by atoms with van der Waals surface area (Å²) in [5.41, 5.74) is 0. The minimum atomic E-state index is -1.02. The van der Waals surface area contributed by atoms with Gasteiger partial charge in [0.25, 0.3) is 0 Å². The van der Waals surface area contributed by atoms with Crippen molar-refractivity contribution in [3.8, 4) is 0 Å². The van der Waals surface area contributed by atoms with Crippen molar-refractivity contribution < 1.29 is 32.3 Å². The normalized spacial score (nSPS) is 7.56. The largest absolute Gasteiger partial charge is 1.00 e. The summed E-state index contributed by atoms with van der Waals surface area (Å²) in [6.45, 7) is 3.42. The molecule has 0 atom stereocenters. The molecule has 56 valence electrons. The molecule has 9 heavy (non-hydrogen) atoms. The minimum Gasteiger partial charge on any atom is -0.549 e. The van der Waals surface area contributed by atoms with Crippen LogP contribution in [0.5, 0.6) is 0 Å². The summed E-state index contributed by atoms with van der Waals surface area (Å²) in [4.78, 5) is 9.71. The fourth-order valence-corrected chi connectivity index (χ4v) is 0.677. The van der Waals surface area contributed by atoms with Crippen LogP contribution in [-0.4, -0.2) is 17.5 Å². The predicted molar refractivity (Wildman–Crippen MR) is 32.5 cm³/mol. The molecule has 4 heteroatoms. The Morgan fingerprint density at radius 2 is 2.33 bits per heavy atom. The first-order valence-corrected chi connectivity index (χ1v) is 3.31. The summed E-state index contributed by atoms with van der Waals surface area (Å²) in [5.74, 6) is -0.281. The van der Waals surface area contributed by atoms with Crippen LogP contribution in [0.3, 0.4) is 0 Å². The van der Waals surface area contributed by atoms with E-state index in [0.717, 1.165) is 0 Å². The van der Waals surface area contributed by atoms with E-state index < -0.39 is 5.97 Å². The molecule has 2 nitrogen and oxygen atoms in total. The van der Waals surface area contributed by atoms with Crippen molar-refractivity contribution in [2.75, 3.05) is 11.5 Å². The Morgan fingerprint density at radius 1 is 1.78 bits per heavy atom. The number of aliphatic carboxylic acids is 1. The second kappa shape index (κ2) is 8.30. The molecule has 0 rings (SSSR count). The smallest absolute Gasteiger partial charge is 0.549 e. The van der Waals surface area contributed by atoms with Crippen molar-refractivity contribution in [1.29, 1.82) is 0 Å². The third kappa shape index (κ3) is 11.7. The van der Waals surface area contributed by atoms with E-state index in [-0.39, 0.29) is 28.1 Å². The zero-order chi connectivity index (χ0) is 6.41. The molecule has 0 amide bonds. The quantitative estimate of drug-likeness (QED) is 0.382. The molecule has 0 aliphatic carbocycles. The zero-order valence-electron chi connectivity index (χ0n) is 4.72. The molecule has 0 aromatic heterocycles. The van der Waals surface area contributed by atoms with Crippen molar-refractivity contribution in [1.82, 2.24) is 0 Å². The van der Waals surface area contributed by atoms with E-state index in [1.807, 2.05) is 0 Å². The second-order valence-corrected chi connectivity index (χ2v) is 2.21. The molecule has 0 saturated carbocycles. The average molecular weight is 239 g/mol. The fourth-order valence-electron chi connectivity index (χ4n) is 0.226. The molecule has 0 aliphatic heterocycles. The molecule has 0 radical (unpaired) electrons. The molecule has 0 heterocycles. The van der Waals surface area contributed by atoms with Gasteiger partial charge in [-0.25, -0.2) is 0 Å². The van der Waals surface area contributed by atoms with Crippen LogP contribution in [0.4, 0.5) is 0 Å². The van der Waals surface area contributed by atoms with Gasteiger partial charge < -0.3 is 9.90 Å². The van der Waals surface area contributed by atoms with E-state index in [1.165, 1.54) is 11.8 Å². The van der Waals surface area contributed by atoms with Gasteiger partial charge in [0.05, 0.1) is 5.97 Å². The fraction of sp³-hybridized carbons (Fsp3) is 0.400. The molecule has 0 fully saturated rings. The molecule has 0 bridgehead atoms. The van der Waals surface area contributed by atoms with Crippen molar-refractivity contribution in [2.45, 2.75) is 0 Å². The van der Waals surface area contributed by atoms with Crippen LogP contribution in [0.1, 0.15) is 0 Å². The van der Waals surface area contributed by atoms with Gasteiger partial charge in [-0.2, -0.15) is 11.8 Å². The first-order valence-electron chi connectivity index (χ1n) is 2.16. The van der Waals surface area contributed by atoms with Crippen LogP contribution < -0.4 is 5.11 Å². The molecule has 0 N–H and O–H groups in total. The zero-order valence-corrected chi connectivity index (χ0v) is 7.02. The molecule has 0 unspecified atom stereocenters. The standard InChI is InChI=1S/C5H8O2S.Ag/c1-2-3-8-4-5(6)7;/h2H,1,3-4H2,(H,6,7);/q;+1/p-1. The molecular formula is C5H7AgO2S. The summed E-state index contributed by atoms with van der Waals surface area (Å²) < 4.78 is 0. The van der Waals surface area contributed by atoms with Gasteiger partial charge >= 0.3 is 22.4 Å². The Labute approximate surface area is 74.2 Å². The Hall–Kier alpha value is 0.300. The summed E-state index contributed by atoms with van der Waals surface area (Å²) in [6.07, 6.45) is 1.66. The van der Waals surface area contributed by atoms with Crippen LogP contribution in [0.25, 0.3) is 0 Å². The minimum absolute atomic E-state index is 0. The van der Waals surface area contributed by atoms with Gasteiger partial charge in [0.15, 0.2) is 0 Å². The third-order valence-corrected chi connectivity index (χ3v) is 1.37. The first-order chi connectivity index (χ1) is 3.77. The number of thioether (sulfide) groups is 1. The van der Waals surface area contributed by atoms with Gasteiger partial charge in [-0.05, 0) is 0 Å². The third-order valence-electron chi connectivity index (χ3n) is 0.456. The monoisotopic (exact) mass is 238 g/mol. The van der Waals surface area contributed by atoms with E-state index in [4.69, 9.17) is 0 Å². The van der Waals surface area contributed by atoms with Crippen molar-refractivity contribution in [3.63, 3.8) is 0 Å². The Bertz CT molecular complexity index is 95.0. The maximum Gasteiger partial charge on any atom is 1.00 e. The number of carboxylic acids is 1. The summed E-state index contributed by atoms with van der Waals surface area (Å²) >= 11 is 1.28. The van der Waals surface area contributed by atoms with Crippen molar-refractivity contribution >= 4 is 17.7 Å². The van der Waals surface area contributed by atoms with E-state index in [9.17, 15) is 9.90 Å². The maximum atomic E-state index is 9.71. The number of hydrogen-bond acceptors (Lipinski definition) is 3. The van der Waals surface area contributed by atoms with Crippen molar-refractivity contribution in [3.05, 3.63) is 12.7 Å². The van der Waals surface area contributed by atoms with Gasteiger partial charge in [-0.1, -0.05) is 6.08 Å². The topological polar surface area (TPSA) is 40.1 Å². The van der Waals surface area contributed by atoms with E-state index >= 15 is 0 Å². The first kappa shape index (κ1) is 12.0. The van der Waals surface area contributed by atoms with Crippen LogP contribution >= 0.6 is 11.8 Å². The number of carbonyl (C=O) groups excluding carboxylic acids is 1. The molecule has 0 aliphatic rings. The van der Waals surface area contributed by atoms with Gasteiger partial charge in [-0.15, -0.1) is 6.58 Å². The van der Waals surface area contributed by atoms with Crippen LogP contribution in [0.2, 0.25) is 0 Å². The molecule has 0 aromatic rings. The molecular weight excluding hydrogens is 232 g/mol. The summed E-state index contributed by atoms with van der Waals surface area (Å²) in [7, 11) is 0. The number of carboxylic acid groups (broad SMARTS) is 1. The Balaban J connectivity index is 0. The summed E-state index contributed by atoms with van der Waals surface area (Å²) in [5, 5.41) is 9.71. The van der Waals surface area contributed by atoms with Crippen LogP contribution in [-0.2, 0) is 27.2 Å². The predicted octanol–water partition coefficient (Wildman–Crippen LogP) is -0.347. The van der Waals surface area contributed by atoms with Gasteiger partial charge in [0.1, 0.15) is 0 Å². The van der Waals surface area contributed by atoms with E-state index in [2.05, 4.69) is 6.58 Å². The SMILES string of the molecule is C=CCSCC(=O)[O-].[Ag+]. The Morgan fingerprint density at radius 3 is 2.67 bits per heavy atom. The second-order valence-electron chi connectivity index (χ2n) is 1.18. The van der Waals surface area contributed by atoms with Crippen LogP contribution in [0.15, 0.2) is 12.7 Å². The average Bonchev–Trinajstić information content (AvgIpc) is 1.66. The van der Waals surface area contributed by atoms with Crippen LogP contribution in [0, 0.1) is 0 Å². The summed E-state index contributed by atoms with van der Waals surface area (Å²) in [6, 6.07) is 0. The molecule has 0 spiro atoms. The number of rotatable bonds is 4. The number of hydrogen-bond donors (Lipinski definition) is 0. The molecule has 0 saturated heterocycles.